The Morgan fingerprint density at radius 1 is 1.42 bits per heavy atom. The van der Waals surface area contributed by atoms with Crippen molar-refractivity contribution in [3.63, 3.8) is 0 Å². The summed E-state index contributed by atoms with van der Waals surface area (Å²) in [7, 11) is 0. The van der Waals surface area contributed by atoms with Crippen LogP contribution in [0.4, 0.5) is 4.39 Å². The van der Waals surface area contributed by atoms with Crippen molar-refractivity contribution in [3.05, 3.63) is 33.1 Å². The van der Waals surface area contributed by atoms with E-state index in [0.717, 1.165) is 0 Å². The summed E-state index contributed by atoms with van der Waals surface area (Å²) >= 11 is 1.91. The van der Waals surface area contributed by atoms with Crippen LogP contribution in [-0.4, -0.2) is 35.0 Å². The summed E-state index contributed by atoms with van der Waals surface area (Å²) in [5, 5.41) is 9.05. The summed E-state index contributed by atoms with van der Waals surface area (Å²) in [5.74, 6) is -2.60. The van der Waals surface area contributed by atoms with E-state index in [4.69, 9.17) is 5.11 Å². The molecule has 1 aliphatic heterocycles. The maximum atomic E-state index is 13.7. The summed E-state index contributed by atoms with van der Waals surface area (Å²) in [5.41, 5.74) is 0.0290. The minimum Gasteiger partial charge on any atom is -0.481 e. The van der Waals surface area contributed by atoms with Crippen LogP contribution in [0.15, 0.2) is 18.2 Å². The zero-order valence-electron chi connectivity index (χ0n) is 10.3. The summed E-state index contributed by atoms with van der Waals surface area (Å²) in [6.45, 7) is 2.28. The number of amides is 1. The Balaban J connectivity index is 2.25. The molecular formula is C13H13FINO3. The Bertz CT molecular complexity index is 514. The molecule has 1 aliphatic rings. The summed E-state index contributed by atoms with van der Waals surface area (Å²) in [6, 6.07) is 4.44. The van der Waals surface area contributed by atoms with Gasteiger partial charge in [0.1, 0.15) is 5.82 Å². The van der Waals surface area contributed by atoms with Crippen molar-refractivity contribution < 1.29 is 19.1 Å². The van der Waals surface area contributed by atoms with Crippen molar-refractivity contribution in [2.75, 3.05) is 13.1 Å². The fourth-order valence-electron chi connectivity index (χ4n) is 2.31. The topological polar surface area (TPSA) is 57.6 Å². The predicted molar refractivity (Wildman–Crippen MR) is 75.3 cm³/mol. The van der Waals surface area contributed by atoms with Crippen LogP contribution in [-0.2, 0) is 4.79 Å². The number of nitrogens with zero attached hydrogens (tertiary/aromatic N) is 1. The summed E-state index contributed by atoms with van der Waals surface area (Å²) < 4.78 is 14.3. The van der Waals surface area contributed by atoms with Crippen LogP contribution in [0.2, 0.25) is 0 Å². The molecule has 0 saturated carbocycles. The molecule has 102 valence electrons. The minimum atomic E-state index is -0.911. The zero-order chi connectivity index (χ0) is 14.2. The summed E-state index contributed by atoms with van der Waals surface area (Å²) in [4.78, 5) is 24.7. The number of likely N-dealkylation sites (tertiary alicyclic amines) is 1. The van der Waals surface area contributed by atoms with Gasteiger partial charge in [-0.25, -0.2) is 4.39 Å². The van der Waals surface area contributed by atoms with Gasteiger partial charge >= 0.3 is 5.97 Å². The van der Waals surface area contributed by atoms with Crippen molar-refractivity contribution in [3.8, 4) is 0 Å². The third-order valence-electron chi connectivity index (χ3n) is 3.39. The van der Waals surface area contributed by atoms with Gasteiger partial charge in [-0.15, -0.1) is 0 Å². The molecular weight excluding hydrogens is 364 g/mol. The molecule has 1 fully saturated rings. The lowest BCUT2D eigenvalue weighted by molar-refractivity contribution is -0.142. The van der Waals surface area contributed by atoms with Gasteiger partial charge in [-0.2, -0.15) is 0 Å². The average molecular weight is 377 g/mol. The summed E-state index contributed by atoms with van der Waals surface area (Å²) in [6.07, 6.45) is 0. The van der Waals surface area contributed by atoms with Crippen molar-refractivity contribution in [2.24, 2.45) is 11.8 Å². The van der Waals surface area contributed by atoms with Crippen molar-refractivity contribution >= 4 is 34.5 Å². The lowest BCUT2D eigenvalue weighted by Crippen LogP contribution is -2.31. The molecule has 0 bridgehead atoms. The van der Waals surface area contributed by atoms with Crippen LogP contribution in [0.5, 0.6) is 0 Å². The fourth-order valence-corrected chi connectivity index (χ4v) is 3.01. The standard InChI is InChI=1S/C13H13FINO3/c1-7-5-16(6-8(7)13(18)19)12(17)11-9(14)3-2-4-10(11)15/h2-4,7-8H,5-6H2,1H3,(H,18,19)/t7-,8-/m1/s1. The molecule has 2 atom stereocenters. The highest BCUT2D eigenvalue weighted by Gasteiger charge is 2.38. The number of rotatable bonds is 2. The molecule has 1 N–H and O–H groups in total. The Labute approximate surface area is 123 Å². The number of carboxylic acid groups (broad SMARTS) is 1. The monoisotopic (exact) mass is 377 g/mol. The highest BCUT2D eigenvalue weighted by Crippen LogP contribution is 2.26. The number of carbonyl (C=O) groups excluding carboxylic acids is 1. The van der Waals surface area contributed by atoms with E-state index in [9.17, 15) is 14.0 Å². The van der Waals surface area contributed by atoms with Crippen LogP contribution in [0.25, 0.3) is 0 Å². The normalized spacial score (nSPS) is 22.6. The van der Waals surface area contributed by atoms with Crippen LogP contribution in [0.1, 0.15) is 17.3 Å². The molecule has 0 spiro atoms. The Morgan fingerprint density at radius 3 is 2.63 bits per heavy atom. The van der Waals surface area contributed by atoms with Gasteiger partial charge in [0.05, 0.1) is 11.5 Å². The first-order valence-electron chi connectivity index (χ1n) is 5.88. The number of halogens is 2. The molecule has 1 saturated heterocycles. The van der Waals surface area contributed by atoms with E-state index in [1.165, 1.54) is 11.0 Å². The van der Waals surface area contributed by atoms with Gasteiger partial charge in [-0.05, 0) is 40.6 Å². The fraction of sp³-hybridized carbons (Fsp3) is 0.385. The second-order valence-corrected chi connectivity index (χ2v) is 5.89. The van der Waals surface area contributed by atoms with E-state index in [1.54, 1.807) is 19.1 Å². The first-order chi connectivity index (χ1) is 8.91. The van der Waals surface area contributed by atoms with Gasteiger partial charge in [-0.1, -0.05) is 13.0 Å². The van der Waals surface area contributed by atoms with Gasteiger partial charge in [0.15, 0.2) is 0 Å². The number of hydrogen-bond acceptors (Lipinski definition) is 2. The van der Waals surface area contributed by atoms with Gasteiger partial charge in [-0.3, -0.25) is 9.59 Å². The quantitative estimate of drug-likeness (QED) is 0.805. The number of carbonyl (C=O) groups is 2. The molecule has 19 heavy (non-hydrogen) atoms. The highest BCUT2D eigenvalue weighted by atomic mass is 127. The lowest BCUT2D eigenvalue weighted by Gasteiger charge is -2.17. The molecule has 0 aromatic heterocycles. The third kappa shape index (κ3) is 2.72. The zero-order valence-corrected chi connectivity index (χ0v) is 12.4. The molecule has 6 heteroatoms. The first-order valence-corrected chi connectivity index (χ1v) is 6.95. The van der Waals surface area contributed by atoms with Crippen LogP contribution in [0.3, 0.4) is 0 Å². The first kappa shape index (κ1) is 14.2. The number of carboxylic acids is 1. The molecule has 1 aromatic rings. The van der Waals surface area contributed by atoms with E-state index >= 15 is 0 Å². The average Bonchev–Trinajstić information content (AvgIpc) is 2.71. The molecule has 0 unspecified atom stereocenters. The van der Waals surface area contributed by atoms with E-state index in [0.29, 0.717) is 10.1 Å². The van der Waals surface area contributed by atoms with Crippen molar-refractivity contribution in [1.82, 2.24) is 4.90 Å². The Kier molecular flexibility index (Phi) is 4.07. The number of benzene rings is 1. The van der Waals surface area contributed by atoms with Gasteiger partial charge in [0, 0.05) is 16.7 Å². The maximum absolute atomic E-state index is 13.7. The molecule has 2 rings (SSSR count). The lowest BCUT2D eigenvalue weighted by atomic mass is 9.99. The molecule has 0 aliphatic carbocycles. The van der Waals surface area contributed by atoms with Crippen molar-refractivity contribution in [1.29, 1.82) is 0 Å². The van der Waals surface area contributed by atoms with Gasteiger partial charge in [0.25, 0.3) is 5.91 Å². The smallest absolute Gasteiger partial charge is 0.308 e. The van der Waals surface area contributed by atoms with Crippen LogP contribution in [0, 0.1) is 21.2 Å². The second kappa shape index (κ2) is 5.44. The predicted octanol–water partition coefficient (Wildman–Crippen LogP) is 2.22. The highest BCUT2D eigenvalue weighted by molar-refractivity contribution is 14.1. The Hall–Kier alpha value is -1.18. The molecule has 0 radical (unpaired) electrons. The molecule has 1 aromatic carbocycles. The minimum absolute atomic E-state index is 0.0290. The molecule has 4 nitrogen and oxygen atoms in total. The van der Waals surface area contributed by atoms with E-state index in [-0.39, 0.29) is 18.0 Å². The number of hydrogen-bond donors (Lipinski definition) is 1. The Morgan fingerprint density at radius 2 is 2.11 bits per heavy atom. The van der Waals surface area contributed by atoms with E-state index in [1.807, 2.05) is 22.6 Å². The number of aliphatic carboxylic acids is 1. The largest absolute Gasteiger partial charge is 0.481 e. The van der Waals surface area contributed by atoms with E-state index < -0.39 is 23.6 Å². The van der Waals surface area contributed by atoms with E-state index in [2.05, 4.69) is 0 Å². The van der Waals surface area contributed by atoms with Gasteiger partial charge < -0.3 is 10.0 Å². The van der Waals surface area contributed by atoms with Crippen LogP contribution >= 0.6 is 22.6 Å². The maximum Gasteiger partial charge on any atom is 0.308 e. The van der Waals surface area contributed by atoms with Crippen LogP contribution < -0.4 is 0 Å². The molecule has 1 amide bonds. The molecule has 1 heterocycles. The SMILES string of the molecule is C[C@@H]1CN(C(=O)c2c(F)cccc2I)C[C@H]1C(=O)O. The van der Waals surface area contributed by atoms with Crippen molar-refractivity contribution in [2.45, 2.75) is 6.92 Å². The third-order valence-corrected chi connectivity index (χ3v) is 4.29. The van der Waals surface area contributed by atoms with Gasteiger partial charge in [0.2, 0.25) is 0 Å². The second-order valence-electron chi connectivity index (χ2n) is 4.73.